The van der Waals surface area contributed by atoms with E-state index in [9.17, 15) is 4.39 Å². The second-order valence-corrected chi connectivity index (χ2v) is 5.40. The zero-order valence-corrected chi connectivity index (χ0v) is 12.9. The van der Waals surface area contributed by atoms with Gasteiger partial charge in [0.15, 0.2) is 0 Å². The van der Waals surface area contributed by atoms with E-state index in [0.717, 1.165) is 5.56 Å². The number of benzene rings is 2. The fourth-order valence-corrected chi connectivity index (χ4v) is 2.65. The molecule has 0 radical (unpaired) electrons. The first-order chi connectivity index (χ1) is 9.56. The van der Waals surface area contributed by atoms with Gasteiger partial charge in [0.1, 0.15) is 5.82 Å². The summed E-state index contributed by atoms with van der Waals surface area (Å²) in [7, 11) is 0. The number of halogens is 3. The maximum Gasteiger partial charge on any atom is 0.131 e. The summed E-state index contributed by atoms with van der Waals surface area (Å²) in [6, 6.07) is 10.5. The van der Waals surface area contributed by atoms with Crippen molar-refractivity contribution in [1.82, 2.24) is 5.32 Å². The van der Waals surface area contributed by atoms with Gasteiger partial charge in [-0.15, -0.1) is 0 Å². The molecule has 2 aromatic rings. The van der Waals surface area contributed by atoms with Crippen molar-refractivity contribution < 1.29 is 4.39 Å². The van der Waals surface area contributed by atoms with Gasteiger partial charge >= 0.3 is 0 Å². The van der Waals surface area contributed by atoms with Crippen molar-refractivity contribution in [3.63, 3.8) is 0 Å². The van der Waals surface area contributed by atoms with Crippen molar-refractivity contribution in [2.24, 2.45) is 0 Å². The van der Waals surface area contributed by atoms with Crippen LogP contribution >= 0.6 is 23.2 Å². The summed E-state index contributed by atoms with van der Waals surface area (Å²) in [5.41, 5.74) is 1.98. The Hall–Kier alpha value is -1.09. The lowest BCUT2D eigenvalue weighted by molar-refractivity contribution is 0.553. The molecule has 0 heterocycles. The van der Waals surface area contributed by atoms with Gasteiger partial charge in [-0.25, -0.2) is 4.39 Å². The number of hydrogen-bond donors (Lipinski definition) is 1. The Labute approximate surface area is 128 Å². The van der Waals surface area contributed by atoms with Crippen LogP contribution in [0.4, 0.5) is 4.39 Å². The standard InChI is InChI=1S/C16H16Cl2FN/c1-3-20-16(11-7-5-9-13(17)14(11)18)12-8-4-6-10(2)15(12)19/h4-9,16,20H,3H2,1-2H3. The molecule has 106 valence electrons. The first-order valence-corrected chi connectivity index (χ1v) is 7.24. The zero-order chi connectivity index (χ0) is 14.7. The molecule has 1 unspecified atom stereocenters. The van der Waals surface area contributed by atoms with Gasteiger partial charge in [-0.05, 0) is 30.7 Å². The molecule has 0 saturated heterocycles. The van der Waals surface area contributed by atoms with Crippen LogP contribution in [0, 0.1) is 12.7 Å². The highest BCUT2D eigenvalue weighted by atomic mass is 35.5. The van der Waals surface area contributed by atoms with E-state index in [2.05, 4.69) is 5.32 Å². The Bertz CT molecular complexity index is 562. The predicted octanol–water partition coefficient (Wildman–Crippen LogP) is 5.14. The quantitative estimate of drug-likeness (QED) is 0.824. The summed E-state index contributed by atoms with van der Waals surface area (Å²) in [5, 5.41) is 4.20. The van der Waals surface area contributed by atoms with E-state index in [1.54, 1.807) is 25.1 Å². The molecular weight excluding hydrogens is 296 g/mol. The van der Waals surface area contributed by atoms with Crippen LogP contribution in [0.3, 0.4) is 0 Å². The highest BCUT2D eigenvalue weighted by molar-refractivity contribution is 6.42. The SMILES string of the molecule is CCNC(c1cccc(C)c1F)c1cccc(Cl)c1Cl. The summed E-state index contributed by atoms with van der Waals surface area (Å²) in [4.78, 5) is 0. The Morgan fingerprint density at radius 3 is 2.45 bits per heavy atom. The van der Waals surface area contributed by atoms with Crippen LogP contribution in [0.1, 0.15) is 29.7 Å². The van der Waals surface area contributed by atoms with E-state index in [1.165, 1.54) is 0 Å². The second-order valence-electron chi connectivity index (χ2n) is 4.61. The fraction of sp³-hybridized carbons (Fsp3) is 0.250. The largest absolute Gasteiger partial charge is 0.306 e. The zero-order valence-electron chi connectivity index (χ0n) is 11.4. The molecule has 1 atom stereocenters. The van der Waals surface area contributed by atoms with Gasteiger partial charge in [0.25, 0.3) is 0 Å². The first kappa shape index (κ1) is 15.3. The van der Waals surface area contributed by atoms with Crippen LogP contribution in [-0.2, 0) is 0 Å². The summed E-state index contributed by atoms with van der Waals surface area (Å²) in [6.45, 7) is 4.42. The van der Waals surface area contributed by atoms with Gasteiger partial charge in [-0.2, -0.15) is 0 Å². The molecule has 0 fully saturated rings. The molecule has 2 rings (SSSR count). The highest BCUT2D eigenvalue weighted by Gasteiger charge is 2.21. The van der Waals surface area contributed by atoms with Crippen LogP contribution in [-0.4, -0.2) is 6.54 Å². The molecule has 0 bridgehead atoms. The lowest BCUT2D eigenvalue weighted by Gasteiger charge is -2.21. The predicted molar refractivity (Wildman–Crippen MR) is 83.1 cm³/mol. The molecule has 0 aromatic heterocycles. The minimum Gasteiger partial charge on any atom is -0.306 e. The molecule has 0 aliphatic carbocycles. The van der Waals surface area contributed by atoms with Crippen molar-refractivity contribution in [3.8, 4) is 0 Å². The van der Waals surface area contributed by atoms with Crippen molar-refractivity contribution in [1.29, 1.82) is 0 Å². The maximum absolute atomic E-state index is 14.4. The molecule has 0 saturated carbocycles. The number of nitrogens with one attached hydrogen (secondary N) is 1. The minimum absolute atomic E-state index is 0.213. The third kappa shape index (κ3) is 2.98. The molecule has 2 aromatic carbocycles. The van der Waals surface area contributed by atoms with Crippen LogP contribution in [0.5, 0.6) is 0 Å². The monoisotopic (exact) mass is 311 g/mol. The molecule has 1 N–H and O–H groups in total. The normalized spacial score (nSPS) is 12.4. The third-order valence-corrected chi connectivity index (χ3v) is 4.07. The Morgan fingerprint density at radius 1 is 1.10 bits per heavy atom. The van der Waals surface area contributed by atoms with Gasteiger partial charge in [-0.3, -0.25) is 0 Å². The summed E-state index contributed by atoms with van der Waals surface area (Å²) < 4.78 is 14.4. The van der Waals surface area contributed by atoms with Crippen LogP contribution in [0.2, 0.25) is 10.0 Å². The lowest BCUT2D eigenvalue weighted by atomic mass is 9.96. The van der Waals surface area contributed by atoms with Crippen molar-refractivity contribution in [2.45, 2.75) is 19.9 Å². The van der Waals surface area contributed by atoms with Crippen molar-refractivity contribution in [3.05, 3.63) is 69.0 Å². The molecule has 1 nitrogen and oxygen atoms in total. The lowest BCUT2D eigenvalue weighted by Crippen LogP contribution is -2.23. The average molecular weight is 312 g/mol. The van der Waals surface area contributed by atoms with E-state index in [0.29, 0.717) is 27.7 Å². The molecule has 0 aliphatic rings. The Balaban J connectivity index is 2.56. The van der Waals surface area contributed by atoms with Crippen LogP contribution in [0.25, 0.3) is 0 Å². The molecule has 0 amide bonds. The fourth-order valence-electron chi connectivity index (χ4n) is 2.23. The second kappa shape index (κ2) is 6.57. The van der Waals surface area contributed by atoms with E-state index in [1.807, 2.05) is 25.1 Å². The molecule has 4 heteroatoms. The van der Waals surface area contributed by atoms with E-state index >= 15 is 0 Å². The van der Waals surface area contributed by atoms with Crippen molar-refractivity contribution >= 4 is 23.2 Å². The van der Waals surface area contributed by atoms with Gasteiger partial charge in [0, 0.05) is 5.56 Å². The maximum atomic E-state index is 14.4. The van der Waals surface area contributed by atoms with Gasteiger partial charge in [0.05, 0.1) is 16.1 Å². The Morgan fingerprint density at radius 2 is 1.75 bits per heavy atom. The van der Waals surface area contributed by atoms with Gasteiger partial charge < -0.3 is 5.32 Å². The van der Waals surface area contributed by atoms with E-state index < -0.39 is 0 Å². The van der Waals surface area contributed by atoms with Gasteiger partial charge in [0.2, 0.25) is 0 Å². The highest BCUT2D eigenvalue weighted by Crippen LogP contribution is 2.34. The smallest absolute Gasteiger partial charge is 0.131 e. The van der Waals surface area contributed by atoms with E-state index in [4.69, 9.17) is 23.2 Å². The number of aryl methyl sites for hydroxylation is 1. The van der Waals surface area contributed by atoms with Gasteiger partial charge in [-0.1, -0.05) is 60.5 Å². The summed E-state index contributed by atoms with van der Waals surface area (Å²) in [5.74, 6) is -0.213. The van der Waals surface area contributed by atoms with Crippen LogP contribution < -0.4 is 5.32 Å². The average Bonchev–Trinajstić information content (AvgIpc) is 2.43. The Kier molecular flexibility index (Phi) is 5.03. The van der Waals surface area contributed by atoms with E-state index in [-0.39, 0.29) is 11.9 Å². The number of hydrogen-bond acceptors (Lipinski definition) is 1. The first-order valence-electron chi connectivity index (χ1n) is 6.48. The minimum atomic E-state index is -0.314. The molecular formula is C16H16Cl2FN. The third-order valence-electron chi connectivity index (χ3n) is 3.23. The van der Waals surface area contributed by atoms with Crippen molar-refractivity contribution in [2.75, 3.05) is 6.54 Å². The molecule has 20 heavy (non-hydrogen) atoms. The molecule has 0 aliphatic heterocycles. The molecule has 0 spiro atoms. The topological polar surface area (TPSA) is 12.0 Å². The summed E-state index contributed by atoms with van der Waals surface area (Å²) >= 11 is 12.3. The van der Waals surface area contributed by atoms with Crippen LogP contribution in [0.15, 0.2) is 36.4 Å². The summed E-state index contributed by atoms with van der Waals surface area (Å²) in [6.07, 6.45) is 0. The number of rotatable bonds is 4.